The van der Waals surface area contributed by atoms with Crippen molar-refractivity contribution in [1.82, 2.24) is 14.8 Å². The van der Waals surface area contributed by atoms with E-state index in [-0.39, 0.29) is 0 Å². The van der Waals surface area contributed by atoms with Crippen LogP contribution in [0.4, 0.5) is 11.5 Å². The Labute approximate surface area is 102 Å². The molecule has 0 fully saturated rings. The van der Waals surface area contributed by atoms with Gasteiger partial charge >= 0.3 is 0 Å². The summed E-state index contributed by atoms with van der Waals surface area (Å²) in [6.07, 6.45) is 5.24. The lowest BCUT2D eigenvalue weighted by atomic mass is 10.3. The molecule has 0 aromatic carbocycles. The number of pyridine rings is 1. The van der Waals surface area contributed by atoms with Gasteiger partial charge in [-0.25, -0.2) is 0 Å². The average molecular weight is 282 g/mol. The molecule has 0 aliphatic heterocycles. The minimum Gasteiger partial charge on any atom is -0.384 e. The second-order valence-corrected chi connectivity index (χ2v) is 4.24. The molecule has 0 aliphatic carbocycles. The first-order valence-electron chi connectivity index (χ1n) is 4.78. The standard InChI is InChI=1S/C10H12BrN5/c1-16-10(12)7(5-15-16)4-14-9-2-3-13-6-8(9)11/h2-3,5-6H,4,12H2,1H3,(H,13,14). The molecule has 0 aliphatic rings. The third-order valence-corrected chi connectivity index (χ3v) is 2.94. The van der Waals surface area contributed by atoms with Gasteiger partial charge in [0, 0.05) is 31.5 Å². The summed E-state index contributed by atoms with van der Waals surface area (Å²) >= 11 is 3.42. The third-order valence-electron chi connectivity index (χ3n) is 2.31. The lowest BCUT2D eigenvalue weighted by Gasteiger charge is -2.07. The summed E-state index contributed by atoms with van der Waals surface area (Å²) in [5, 5.41) is 7.34. The summed E-state index contributed by atoms with van der Waals surface area (Å²) in [6.45, 7) is 0.641. The third kappa shape index (κ3) is 2.16. The van der Waals surface area contributed by atoms with Gasteiger partial charge < -0.3 is 11.1 Å². The number of rotatable bonds is 3. The number of hydrogen-bond donors (Lipinski definition) is 2. The highest BCUT2D eigenvalue weighted by Crippen LogP contribution is 2.21. The van der Waals surface area contributed by atoms with Gasteiger partial charge in [0.15, 0.2) is 0 Å². The highest BCUT2D eigenvalue weighted by Gasteiger charge is 2.05. The average Bonchev–Trinajstić information content (AvgIpc) is 2.59. The van der Waals surface area contributed by atoms with Crippen LogP contribution in [0.2, 0.25) is 0 Å². The van der Waals surface area contributed by atoms with Crippen molar-refractivity contribution in [3.05, 3.63) is 34.7 Å². The maximum absolute atomic E-state index is 5.84. The Morgan fingerprint density at radius 3 is 2.94 bits per heavy atom. The first kappa shape index (κ1) is 10.9. The summed E-state index contributed by atoms with van der Waals surface area (Å²) in [5.74, 6) is 0.678. The number of nitrogen functional groups attached to an aromatic ring is 1. The van der Waals surface area contributed by atoms with Crippen molar-refractivity contribution < 1.29 is 0 Å². The molecule has 0 unspecified atom stereocenters. The summed E-state index contributed by atoms with van der Waals surface area (Å²) in [4.78, 5) is 3.99. The van der Waals surface area contributed by atoms with Crippen molar-refractivity contribution in [3.8, 4) is 0 Å². The normalized spacial score (nSPS) is 10.4. The van der Waals surface area contributed by atoms with Crippen LogP contribution in [0.15, 0.2) is 29.1 Å². The molecule has 0 spiro atoms. The Kier molecular flexibility index (Phi) is 3.09. The quantitative estimate of drug-likeness (QED) is 0.900. The van der Waals surface area contributed by atoms with E-state index in [2.05, 4.69) is 31.3 Å². The molecule has 0 atom stereocenters. The van der Waals surface area contributed by atoms with Crippen molar-refractivity contribution >= 4 is 27.4 Å². The zero-order chi connectivity index (χ0) is 11.5. The fraction of sp³-hybridized carbons (Fsp3) is 0.200. The molecule has 0 amide bonds. The Bertz CT molecular complexity index is 494. The summed E-state index contributed by atoms with van der Waals surface area (Å²) in [7, 11) is 1.82. The van der Waals surface area contributed by atoms with Crippen LogP contribution in [-0.4, -0.2) is 14.8 Å². The van der Waals surface area contributed by atoms with E-state index in [0.29, 0.717) is 12.4 Å². The monoisotopic (exact) mass is 281 g/mol. The number of nitrogens with two attached hydrogens (primary N) is 1. The van der Waals surface area contributed by atoms with Crippen LogP contribution in [0.3, 0.4) is 0 Å². The van der Waals surface area contributed by atoms with E-state index >= 15 is 0 Å². The molecule has 2 aromatic rings. The van der Waals surface area contributed by atoms with Crippen LogP contribution in [0.1, 0.15) is 5.56 Å². The van der Waals surface area contributed by atoms with Crippen molar-refractivity contribution in [2.75, 3.05) is 11.1 Å². The van der Waals surface area contributed by atoms with Gasteiger partial charge in [-0.15, -0.1) is 0 Å². The molecule has 0 saturated carbocycles. The number of nitrogens with one attached hydrogen (secondary N) is 1. The van der Waals surface area contributed by atoms with Crippen LogP contribution in [0.25, 0.3) is 0 Å². The zero-order valence-electron chi connectivity index (χ0n) is 8.81. The highest BCUT2D eigenvalue weighted by atomic mass is 79.9. The molecule has 5 nitrogen and oxygen atoms in total. The molecule has 2 heterocycles. The molecule has 0 radical (unpaired) electrons. The van der Waals surface area contributed by atoms with Crippen molar-refractivity contribution in [1.29, 1.82) is 0 Å². The second-order valence-electron chi connectivity index (χ2n) is 3.39. The van der Waals surface area contributed by atoms with Gasteiger partial charge in [-0.3, -0.25) is 9.67 Å². The summed E-state index contributed by atoms with van der Waals surface area (Å²) in [5.41, 5.74) is 7.80. The van der Waals surface area contributed by atoms with Crippen LogP contribution in [0.5, 0.6) is 0 Å². The van der Waals surface area contributed by atoms with E-state index in [0.717, 1.165) is 15.7 Å². The summed E-state index contributed by atoms with van der Waals surface area (Å²) in [6, 6.07) is 1.90. The van der Waals surface area contributed by atoms with E-state index in [9.17, 15) is 0 Å². The van der Waals surface area contributed by atoms with Gasteiger partial charge in [-0.2, -0.15) is 5.10 Å². The number of nitrogens with zero attached hydrogens (tertiary/aromatic N) is 3. The van der Waals surface area contributed by atoms with Crippen LogP contribution >= 0.6 is 15.9 Å². The fourth-order valence-corrected chi connectivity index (χ4v) is 1.73. The van der Waals surface area contributed by atoms with E-state index in [4.69, 9.17) is 5.73 Å². The maximum atomic E-state index is 5.84. The van der Waals surface area contributed by atoms with Gasteiger partial charge in [-0.1, -0.05) is 0 Å². The second kappa shape index (κ2) is 4.52. The van der Waals surface area contributed by atoms with Crippen LogP contribution < -0.4 is 11.1 Å². The predicted octanol–water partition coefficient (Wildman–Crippen LogP) is 1.77. The molecule has 84 valence electrons. The van der Waals surface area contributed by atoms with Gasteiger partial charge in [-0.05, 0) is 22.0 Å². The predicted molar refractivity (Wildman–Crippen MR) is 66.9 cm³/mol. The topological polar surface area (TPSA) is 68.8 Å². The first-order valence-corrected chi connectivity index (χ1v) is 5.57. The van der Waals surface area contributed by atoms with E-state index < -0.39 is 0 Å². The van der Waals surface area contributed by atoms with Gasteiger partial charge in [0.1, 0.15) is 5.82 Å². The SMILES string of the molecule is Cn1ncc(CNc2ccncc2Br)c1N. The molecule has 2 aromatic heterocycles. The largest absolute Gasteiger partial charge is 0.384 e. The Balaban J connectivity index is 2.08. The lowest BCUT2D eigenvalue weighted by molar-refractivity contribution is 0.778. The first-order chi connectivity index (χ1) is 7.68. The smallest absolute Gasteiger partial charge is 0.126 e. The van der Waals surface area contributed by atoms with Gasteiger partial charge in [0.25, 0.3) is 0 Å². The fourth-order valence-electron chi connectivity index (χ4n) is 1.34. The molecule has 3 N–H and O–H groups in total. The van der Waals surface area contributed by atoms with Gasteiger partial charge in [0.2, 0.25) is 0 Å². The van der Waals surface area contributed by atoms with E-state index in [1.54, 1.807) is 23.3 Å². The molecular formula is C10H12BrN5. The molecule has 6 heteroatoms. The van der Waals surface area contributed by atoms with Crippen LogP contribution in [0, 0.1) is 0 Å². The molecular weight excluding hydrogens is 270 g/mol. The highest BCUT2D eigenvalue weighted by molar-refractivity contribution is 9.10. The van der Waals surface area contributed by atoms with Crippen LogP contribution in [-0.2, 0) is 13.6 Å². The summed E-state index contributed by atoms with van der Waals surface area (Å²) < 4.78 is 2.58. The molecule has 16 heavy (non-hydrogen) atoms. The number of anilines is 2. The number of aryl methyl sites for hydroxylation is 1. The van der Waals surface area contributed by atoms with Crippen molar-refractivity contribution in [2.45, 2.75) is 6.54 Å². The number of hydrogen-bond acceptors (Lipinski definition) is 4. The Morgan fingerprint density at radius 2 is 2.31 bits per heavy atom. The Morgan fingerprint density at radius 1 is 1.50 bits per heavy atom. The number of aromatic nitrogens is 3. The minimum atomic E-state index is 0.641. The Hall–Kier alpha value is -1.56. The number of halogens is 1. The molecule has 0 bridgehead atoms. The zero-order valence-corrected chi connectivity index (χ0v) is 10.4. The van der Waals surface area contributed by atoms with Crippen molar-refractivity contribution in [2.24, 2.45) is 7.05 Å². The van der Waals surface area contributed by atoms with Crippen molar-refractivity contribution in [3.63, 3.8) is 0 Å². The maximum Gasteiger partial charge on any atom is 0.126 e. The van der Waals surface area contributed by atoms with E-state index in [1.807, 2.05) is 13.1 Å². The lowest BCUT2D eigenvalue weighted by Crippen LogP contribution is -2.04. The van der Waals surface area contributed by atoms with Gasteiger partial charge in [0.05, 0.1) is 16.4 Å². The molecule has 0 saturated heterocycles. The minimum absolute atomic E-state index is 0.641. The van der Waals surface area contributed by atoms with E-state index in [1.165, 1.54) is 0 Å². The molecule has 2 rings (SSSR count).